The molecule has 6 nitrogen and oxygen atoms in total. The molecule has 4 aromatic rings. The van der Waals surface area contributed by atoms with E-state index < -0.39 is 0 Å². The van der Waals surface area contributed by atoms with Crippen LogP contribution in [0.5, 0.6) is 0 Å². The third kappa shape index (κ3) is 4.13. The summed E-state index contributed by atoms with van der Waals surface area (Å²) < 4.78 is 7.24. The van der Waals surface area contributed by atoms with Crippen LogP contribution in [0.1, 0.15) is 10.4 Å². The first-order chi connectivity index (χ1) is 15.8. The monoisotopic (exact) mass is 424 g/mol. The van der Waals surface area contributed by atoms with E-state index in [9.17, 15) is 4.79 Å². The van der Waals surface area contributed by atoms with E-state index in [1.165, 1.54) is 0 Å². The van der Waals surface area contributed by atoms with E-state index in [0.717, 1.165) is 35.7 Å². The van der Waals surface area contributed by atoms with Gasteiger partial charge in [-0.05, 0) is 24.3 Å². The van der Waals surface area contributed by atoms with E-state index in [-0.39, 0.29) is 5.91 Å². The highest BCUT2D eigenvalue weighted by atomic mass is 16.5. The molecule has 1 aliphatic heterocycles. The molecule has 3 aromatic carbocycles. The summed E-state index contributed by atoms with van der Waals surface area (Å²) in [6, 6.07) is 27.5. The highest BCUT2D eigenvalue weighted by Crippen LogP contribution is 2.29. The fourth-order valence-electron chi connectivity index (χ4n) is 3.91. The minimum Gasteiger partial charge on any atom is -0.378 e. The summed E-state index contributed by atoms with van der Waals surface area (Å²) in [5, 5.41) is 7.88. The number of ether oxygens (including phenoxy) is 1. The van der Waals surface area contributed by atoms with E-state index in [4.69, 9.17) is 9.84 Å². The molecule has 1 amide bonds. The summed E-state index contributed by atoms with van der Waals surface area (Å²) in [4.78, 5) is 15.7. The van der Waals surface area contributed by atoms with Gasteiger partial charge in [-0.3, -0.25) is 4.79 Å². The third-order valence-corrected chi connectivity index (χ3v) is 5.53. The Hall–Kier alpha value is -3.90. The molecule has 2 heterocycles. The predicted octanol–water partition coefficient (Wildman–Crippen LogP) is 4.63. The van der Waals surface area contributed by atoms with E-state index in [1.807, 2.05) is 84.9 Å². The fourth-order valence-corrected chi connectivity index (χ4v) is 3.91. The van der Waals surface area contributed by atoms with Crippen LogP contribution in [0.15, 0.2) is 91.1 Å². The molecule has 0 aliphatic carbocycles. The van der Waals surface area contributed by atoms with Crippen LogP contribution in [-0.4, -0.2) is 42.0 Å². The van der Waals surface area contributed by atoms with Crippen molar-refractivity contribution in [2.24, 2.45) is 0 Å². The molecule has 0 spiro atoms. The SMILES string of the molecule is O=C(Nc1ccccc1N1CCOCC1)c1cn(-c2ccccc2)nc1-c1ccccc1. The number of rotatable bonds is 5. The van der Waals surface area contributed by atoms with Gasteiger partial charge < -0.3 is 15.0 Å². The summed E-state index contributed by atoms with van der Waals surface area (Å²) >= 11 is 0. The van der Waals surface area contributed by atoms with Crippen molar-refractivity contribution in [3.05, 3.63) is 96.7 Å². The van der Waals surface area contributed by atoms with Crippen molar-refractivity contribution in [1.29, 1.82) is 0 Å². The number of hydrogen-bond acceptors (Lipinski definition) is 4. The Morgan fingerprint density at radius 1 is 0.844 bits per heavy atom. The Kier molecular flexibility index (Phi) is 5.68. The Morgan fingerprint density at radius 2 is 1.50 bits per heavy atom. The van der Waals surface area contributed by atoms with Gasteiger partial charge >= 0.3 is 0 Å². The van der Waals surface area contributed by atoms with Crippen LogP contribution in [0.3, 0.4) is 0 Å². The molecule has 6 heteroatoms. The fraction of sp³-hybridized carbons (Fsp3) is 0.154. The van der Waals surface area contributed by atoms with E-state index in [0.29, 0.717) is 24.5 Å². The third-order valence-electron chi connectivity index (χ3n) is 5.53. The Bertz CT molecular complexity index is 1200. The molecule has 1 fully saturated rings. The molecular weight excluding hydrogens is 400 g/mol. The van der Waals surface area contributed by atoms with Crippen LogP contribution in [0.4, 0.5) is 11.4 Å². The van der Waals surface area contributed by atoms with Gasteiger partial charge in [-0.15, -0.1) is 0 Å². The molecule has 32 heavy (non-hydrogen) atoms. The van der Waals surface area contributed by atoms with Crippen molar-refractivity contribution in [1.82, 2.24) is 9.78 Å². The van der Waals surface area contributed by atoms with Crippen LogP contribution < -0.4 is 10.2 Å². The van der Waals surface area contributed by atoms with Gasteiger partial charge in [0.2, 0.25) is 0 Å². The lowest BCUT2D eigenvalue weighted by atomic mass is 10.1. The first kappa shape index (κ1) is 20.0. The average molecular weight is 425 g/mol. The van der Waals surface area contributed by atoms with Gasteiger partial charge in [-0.1, -0.05) is 60.7 Å². The maximum atomic E-state index is 13.5. The first-order valence-electron chi connectivity index (χ1n) is 10.7. The normalized spacial score (nSPS) is 13.7. The summed E-state index contributed by atoms with van der Waals surface area (Å²) in [7, 11) is 0. The lowest BCUT2D eigenvalue weighted by Gasteiger charge is -2.30. The van der Waals surface area contributed by atoms with Gasteiger partial charge in [0.25, 0.3) is 5.91 Å². The van der Waals surface area contributed by atoms with Gasteiger partial charge in [0.05, 0.1) is 35.8 Å². The molecule has 0 saturated carbocycles. The van der Waals surface area contributed by atoms with Crippen LogP contribution in [0, 0.1) is 0 Å². The molecular formula is C26H24N4O2. The Balaban J connectivity index is 1.51. The number of anilines is 2. The highest BCUT2D eigenvalue weighted by Gasteiger charge is 2.21. The first-order valence-corrected chi connectivity index (χ1v) is 10.7. The highest BCUT2D eigenvalue weighted by molar-refractivity contribution is 6.09. The number of amides is 1. The van der Waals surface area contributed by atoms with Gasteiger partial charge in [-0.2, -0.15) is 5.10 Å². The number of carbonyl (C=O) groups is 1. The van der Waals surface area contributed by atoms with Crippen LogP contribution >= 0.6 is 0 Å². The number of carbonyl (C=O) groups excluding carboxylic acids is 1. The van der Waals surface area contributed by atoms with E-state index in [1.54, 1.807) is 10.9 Å². The zero-order valence-electron chi connectivity index (χ0n) is 17.6. The number of morpholine rings is 1. The van der Waals surface area contributed by atoms with E-state index >= 15 is 0 Å². The van der Waals surface area contributed by atoms with Gasteiger partial charge in [0.1, 0.15) is 5.69 Å². The summed E-state index contributed by atoms with van der Waals surface area (Å²) in [6.07, 6.45) is 1.80. The van der Waals surface area contributed by atoms with Crippen molar-refractivity contribution >= 4 is 17.3 Å². The standard InChI is InChI=1S/C26H24N4O2/c31-26(27-23-13-7-8-14-24(23)29-15-17-32-18-16-29)22-19-30(21-11-5-2-6-12-21)28-25(22)20-9-3-1-4-10-20/h1-14,19H,15-18H2,(H,27,31). The second kappa shape index (κ2) is 9.08. The number of nitrogens with one attached hydrogen (secondary N) is 1. The lowest BCUT2D eigenvalue weighted by Crippen LogP contribution is -2.36. The molecule has 1 aliphatic rings. The number of nitrogens with zero attached hydrogens (tertiary/aromatic N) is 3. The Morgan fingerprint density at radius 3 is 2.25 bits per heavy atom. The van der Waals surface area contributed by atoms with Gasteiger partial charge in [0.15, 0.2) is 0 Å². The number of hydrogen-bond donors (Lipinski definition) is 1. The largest absolute Gasteiger partial charge is 0.378 e. The number of para-hydroxylation sites is 3. The number of aromatic nitrogens is 2. The molecule has 0 unspecified atom stereocenters. The second-order valence-corrected chi connectivity index (χ2v) is 7.61. The molecule has 1 aromatic heterocycles. The van der Waals surface area contributed by atoms with Crippen LogP contribution in [0.25, 0.3) is 16.9 Å². The quantitative estimate of drug-likeness (QED) is 0.508. The van der Waals surface area contributed by atoms with Crippen molar-refractivity contribution in [2.75, 3.05) is 36.5 Å². The van der Waals surface area contributed by atoms with Crippen LogP contribution in [-0.2, 0) is 4.74 Å². The molecule has 0 bridgehead atoms. The maximum absolute atomic E-state index is 13.5. The van der Waals surface area contributed by atoms with Crippen molar-refractivity contribution in [2.45, 2.75) is 0 Å². The summed E-state index contributed by atoms with van der Waals surface area (Å²) in [6.45, 7) is 2.97. The van der Waals surface area contributed by atoms with Crippen molar-refractivity contribution in [3.63, 3.8) is 0 Å². The van der Waals surface area contributed by atoms with Crippen LogP contribution in [0.2, 0.25) is 0 Å². The number of benzene rings is 3. The smallest absolute Gasteiger partial charge is 0.259 e. The predicted molar refractivity (Wildman–Crippen MR) is 126 cm³/mol. The van der Waals surface area contributed by atoms with Gasteiger partial charge in [-0.25, -0.2) is 4.68 Å². The molecule has 5 rings (SSSR count). The van der Waals surface area contributed by atoms with Crippen molar-refractivity contribution < 1.29 is 9.53 Å². The minimum absolute atomic E-state index is 0.188. The second-order valence-electron chi connectivity index (χ2n) is 7.61. The minimum atomic E-state index is -0.188. The summed E-state index contributed by atoms with van der Waals surface area (Å²) in [5.41, 5.74) is 4.76. The van der Waals surface area contributed by atoms with Crippen molar-refractivity contribution in [3.8, 4) is 16.9 Å². The summed E-state index contributed by atoms with van der Waals surface area (Å²) in [5.74, 6) is -0.188. The topological polar surface area (TPSA) is 59.4 Å². The Labute approximate surface area is 187 Å². The molecule has 1 N–H and O–H groups in total. The zero-order valence-corrected chi connectivity index (χ0v) is 17.6. The van der Waals surface area contributed by atoms with E-state index in [2.05, 4.69) is 10.2 Å². The lowest BCUT2D eigenvalue weighted by molar-refractivity contribution is 0.102. The molecule has 0 radical (unpaired) electrons. The zero-order chi connectivity index (χ0) is 21.8. The van der Waals surface area contributed by atoms with Gasteiger partial charge in [0, 0.05) is 24.8 Å². The molecule has 1 saturated heterocycles. The molecule has 0 atom stereocenters. The maximum Gasteiger partial charge on any atom is 0.259 e. The average Bonchev–Trinajstić information content (AvgIpc) is 3.32. The molecule has 160 valence electrons.